The molecular formula is C77H99Cl2N9O15S2. The van der Waals surface area contributed by atoms with Crippen LogP contribution in [-0.2, 0) is 74.1 Å². The number of thioether (sulfide) groups is 2. The minimum absolute atomic E-state index is 0.0208. The summed E-state index contributed by atoms with van der Waals surface area (Å²) in [6.07, 6.45) is 15.5. The molecule has 7 amide bonds. The van der Waals surface area contributed by atoms with Crippen molar-refractivity contribution >= 4 is 118 Å². The number of aliphatic carboxylic acids is 1. The number of nitrogens with two attached hydrogens (primary N) is 2. The summed E-state index contributed by atoms with van der Waals surface area (Å²) in [6.45, 7) is 1.74. The van der Waals surface area contributed by atoms with Crippen LogP contribution in [0.15, 0.2) is 131 Å². The highest BCUT2D eigenvalue weighted by atomic mass is 35.5. The van der Waals surface area contributed by atoms with Gasteiger partial charge >= 0.3 is 30.3 Å². The number of carboxylic acid groups (broad SMARTS) is 1. The lowest BCUT2D eigenvalue weighted by Crippen LogP contribution is -2.56. The smallest absolute Gasteiger partial charge is 0.437 e. The summed E-state index contributed by atoms with van der Waals surface area (Å²) in [6, 6.07) is 34.1. The van der Waals surface area contributed by atoms with Gasteiger partial charge in [-0.15, -0.1) is 56.7 Å². The number of halogens is 2. The number of alkyl halides is 2. The molecule has 4 heterocycles. The summed E-state index contributed by atoms with van der Waals surface area (Å²) >= 11 is 14.8. The van der Waals surface area contributed by atoms with Gasteiger partial charge in [0.05, 0.1) is 28.5 Å². The molecule has 568 valence electrons. The summed E-state index contributed by atoms with van der Waals surface area (Å²) in [5.74, 6) is -0.773. The van der Waals surface area contributed by atoms with Crippen molar-refractivity contribution in [3.8, 4) is 0 Å². The van der Waals surface area contributed by atoms with E-state index in [-0.39, 0.29) is 116 Å². The van der Waals surface area contributed by atoms with Crippen LogP contribution >= 0.6 is 46.7 Å². The van der Waals surface area contributed by atoms with E-state index in [9.17, 15) is 53.1 Å². The molecule has 28 heteroatoms. The summed E-state index contributed by atoms with van der Waals surface area (Å²) in [7, 11) is 0. The first-order valence-corrected chi connectivity index (χ1v) is 39.6. The minimum atomic E-state index is -0.995. The number of amides is 7. The average Bonchev–Trinajstić information content (AvgIpc) is 1.67. The van der Waals surface area contributed by atoms with Crippen LogP contribution < -0.4 is 16.8 Å². The number of piperidine rings is 2. The van der Waals surface area contributed by atoms with Gasteiger partial charge in [-0.3, -0.25) is 24.0 Å². The molecule has 6 aliphatic rings. The molecule has 4 aromatic rings. The molecule has 24 nitrogen and oxygen atoms in total. The zero-order chi connectivity index (χ0) is 75.0. The van der Waals surface area contributed by atoms with Gasteiger partial charge in [0.25, 0.3) is 0 Å². The van der Waals surface area contributed by atoms with Crippen molar-refractivity contribution in [3.63, 3.8) is 0 Å². The van der Waals surface area contributed by atoms with Crippen molar-refractivity contribution < 1.29 is 72.0 Å². The molecule has 4 saturated heterocycles. The van der Waals surface area contributed by atoms with Gasteiger partial charge in [-0.25, -0.2) is 33.8 Å². The number of aliphatic imine (C=N–C) groups is 2. The Morgan fingerprint density at radius 1 is 0.524 bits per heavy atom. The predicted octanol–water partition coefficient (Wildman–Crippen LogP) is 13.2. The summed E-state index contributed by atoms with van der Waals surface area (Å²) in [4.78, 5) is 140. The Balaban J connectivity index is 0.000000222. The normalized spacial score (nSPS) is 20.9. The zero-order valence-corrected chi connectivity index (χ0v) is 62.8. The van der Waals surface area contributed by atoms with E-state index in [4.69, 9.17) is 53.6 Å². The van der Waals surface area contributed by atoms with Gasteiger partial charge < -0.3 is 50.6 Å². The summed E-state index contributed by atoms with van der Waals surface area (Å²) in [5, 5.41) is 12.2. The van der Waals surface area contributed by atoms with Gasteiger partial charge in [0.1, 0.15) is 44.3 Å². The third-order valence-corrected chi connectivity index (χ3v) is 23.1. The number of nitrogens with one attached hydrogen (secondary N) is 1. The van der Waals surface area contributed by atoms with E-state index in [0.717, 1.165) is 83.4 Å². The van der Waals surface area contributed by atoms with Gasteiger partial charge in [0.2, 0.25) is 29.6 Å². The van der Waals surface area contributed by atoms with Crippen LogP contribution in [0.4, 0.5) is 19.2 Å². The second-order valence-electron chi connectivity index (χ2n) is 27.3. The molecule has 4 unspecified atom stereocenters. The van der Waals surface area contributed by atoms with Crippen LogP contribution in [0.1, 0.15) is 158 Å². The lowest BCUT2D eigenvalue weighted by atomic mass is 9.80. The van der Waals surface area contributed by atoms with Crippen LogP contribution in [0.3, 0.4) is 0 Å². The molecule has 6 fully saturated rings. The summed E-state index contributed by atoms with van der Waals surface area (Å²) in [5.41, 5.74) is 15.2. The molecule has 0 spiro atoms. The SMILES string of the molecule is C[C@@H](CCCN(C(=O)OCc1ccccc1)C(N)=NC(=O)OCc1ccccc1)C(=O)CCl.NC(=NC(=O)OCc1ccccc1)N(CCC[C@@H](NC(=O)[C@@H]1CSC2CCC(CC3CCCCC3)C(=O)N21)C(=O)CCl)C(=O)OCc1ccccc1.O=C(O)[C@@H]1CSC2CCC(CC3CCCCC3)C(=O)N21. The molecule has 0 bridgehead atoms. The zero-order valence-electron chi connectivity index (χ0n) is 59.6. The minimum Gasteiger partial charge on any atom is -0.480 e. The molecule has 105 heavy (non-hydrogen) atoms. The number of hydrogen-bond donors (Lipinski definition) is 4. The van der Waals surface area contributed by atoms with E-state index in [1.54, 1.807) is 88.8 Å². The molecule has 0 aromatic heterocycles. The molecule has 10 rings (SSSR count). The third-order valence-electron chi connectivity index (χ3n) is 19.8. The van der Waals surface area contributed by atoms with Gasteiger partial charge in [-0.2, -0.15) is 0 Å². The molecule has 6 N–H and O–H groups in total. The first-order valence-electron chi connectivity index (χ1n) is 36.4. The van der Waals surface area contributed by atoms with Crippen molar-refractivity contribution in [1.29, 1.82) is 0 Å². The van der Waals surface area contributed by atoms with Crippen LogP contribution in [0.2, 0.25) is 0 Å². The standard InChI is InChI=1S/C38H48ClN5O7S.C24H28ClN3O5.C15H23NO3S/c39-22-32(45)30(41-34(46)31-25-52-33-19-18-29(35(47)44(31)33)21-26-11-4-1-5-12-26)17-10-20-43(38(49)51-24-28-15-8-3-9-16-28)36(40)42-37(48)50-23-27-13-6-2-7-14-27;1-18(21(29)15-25)9-8-14-28(24(31)33-17-20-12-6-3-7-13-20)22(26)27-23(30)32-16-19-10-4-2-5-11-19;17-14-11(8-10-4-2-1-3-5-10)6-7-13-16(14)12(9-20-13)15(18)19/h2-3,6-9,13-16,26,29-31,33H,1,4-5,10-12,17-25H2,(H,41,46)(H2,40,42,48);2-7,10-13,18H,8-9,14-17H2,1H3,(H2,26,27,30);10-13H,1-9H2,(H,18,19)/t29?,30-,31+,33?;18-;11?,12-,13?/m100/s1. The number of nitrogens with zero attached hydrogens (tertiary/aromatic N) is 6. The van der Waals surface area contributed by atoms with Gasteiger partial charge in [0.15, 0.2) is 5.78 Å². The highest BCUT2D eigenvalue weighted by Gasteiger charge is 2.49. The third kappa shape index (κ3) is 26.1. The first-order chi connectivity index (χ1) is 50.8. The lowest BCUT2D eigenvalue weighted by Gasteiger charge is -2.38. The number of carbonyl (C=O) groups is 10. The van der Waals surface area contributed by atoms with E-state index in [2.05, 4.69) is 15.3 Å². The van der Waals surface area contributed by atoms with Crippen LogP contribution in [0.5, 0.6) is 0 Å². The predicted molar refractivity (Wildman–Crippen MR) is 403 cm³/mol. The number of benzene rings is 4. The maximum absolute atomic E-state index is 13.7. The molecule has 4 aliphatic heterocycles. The van der Waals surface area contributed by atoms with Crippen LogP contribution in [0.25, 0.3) is 0 Å². The average molecular weight is 1530 g/mol. The Morgan fingerprint density at radius 2 is 0.895 bits per heavy atom. The van der Waals surface area contributed by atoms with Gasteiger partial charge in [-0.1, -0.05) is 192 Å². The molecule has 4 aromatic carbocycles. The van der Waals surface area contributed by atoms with Crippen LogP contribution in [-0.4, -0.2) is 161 Å². The van der Waals surface area contributed by atoms with E-state index >= 15 is 0 Å². The Bertz CT molecular complexity index is 3560. The fourth-order valence-corrected chi connectivity index (χ4v) is 17.3. The Labute approximate surface area is 633 Å². The number of guanidine groups is 2. The first kappa shape index (κ1) is 82.5. The number of carbonyl (C=O) groups excluding carboxylic acids is 9. The van der Waals surface area contributed by atoms with E-state index in [0.29, 0.717) is 36.2 Å². The maximum Gasteiger partial charge on any atom is 0.437 e. The van der Waals surface area contributed by atoms with Crippen molar-refractivity contribution in [1.82, 2.24) is 24.9 Å². The van der Waals surface area contributed by atoms with Crippen molar-refractivity contribution in [2.45, 2.75) is 191 Å². The van der Waals surface area contributed by atoms with Crippen LogP contribution in [0, 0.1) is 29.6 Å². The fraction of sp³-hybridized carbons (Fsp3) is 0.532. The lowest BCUT2D eigenvalue weighted by molar-refractivity contribution is -0.153. The number of Topliss-reactive ketones (excluding diaryl/α,β-unsaturated/α-hetero) is 2. The number of ketones is 2. The number of hydrogen-bond acceptors (Lipinski definition) is 16. The highest BCUT2D eigenvalue weighted by molar-refractivity contribution is 8.00. The van der Waals surface area contributed by atoms with Crippen molar-refractivity contribution in [2.24, 2.45) is 51.0 Å². The molecular weight excluding hydrogens is 1430 g/mol. The Morgan fingerprint density at radius 3 is 1.29 bits per heavy atom. The maximum atomic E-state index is 13.7. The van der Waals surface area contributed by atoms with E-state index in [1.807, 2.05) is 72.8 Å². The second kappa shape index (κ2) is 43.4. The van der Waals surface area contributed by atoms with E-state index in [1.165, 1.54) is 51.4 Å². The van der Waals surface area contributed by atoms with Gasteiger partial charge in [0, 0.05) is 42.3 Å². The number of ether oxygens (including phenoxy) is 4. The van der Waals surface area contributed by atoms with E-state index < -0.39 is 66.1 Å². The monoisotopic (exact) mass is 1520 g/mol. The summed E-state index contributed by atoms with van der Waals surface area (Å²) < 4.78 is 21.1. The van der Waals surface area contributed by atoms with Gasteiger partial charge in [-0.05, 0) is 98.3 Å². The molecule has 0 radical (unpaired) electrons. The second-order valence-corrected chi connectivity index (χ2v) is 30.3. The highest BCUT2D eigenvalue weighted by Crippen LogP contribution is 2.43. The Hall–Kier alpha value is -8.20. The Kier molecular flexibility index (Phi) is 34.1. The van der Waals surface area contributed by atoms with Crippen molar-refractivity contribution in [2.75, 3.05) is 36.4 Å². The number of fused-ring (bicyclic) bond motifs is 2. The quantitative estimate of drug-likeness (QED) is 0.0186. The number of carboxylic acids is 1. The molecule has 2 saturated carbocycles. The topological polar surface area (TPSA) is 330 Å². The largest absolute Gasteiger partial charge is 0.480 e. The molecule has 2 aliphatic carbocycles. The molecule has 8 atom stereocenters. The number of rotatable bonds is 27. The van der Waals surface area contributed by atoms with Crippen molar-refractivity contribution in [3.05, 3.63) is 144 Å². The fourth-order valence-electron chi connectivity index (χ4n) is 14.0.